The van der Waals surface area contributed by atoms with Gasteiger partial charge in [-0.15, -0.1) is 11.6 Å². The van der Waals surface area contributed by atoms with Crippen LogP contribution in [0, 0.1) is 0 Å². The van der Waals surface area contributed by atoms with Gasteiger partial charge < -0.3 is 10.1 Å². The second-order valence-electron chi connectivity index (χ2n) is 4.56. The fourth-order valence-electron chi connectivity index (χ4n) is 1.73. The number of ether oxygens (including phenoxy) is 1. The van der Waals surface area contributed by atoms with E-state index in [9.17, 15) is 0 Å². The SMILES string of the molecule is CCC(C)n1ccc(CNC(CCCl)COC)n1. The number of hydrogen-bond acceptors (Lipinski definition) is 3. The number of methoxy groups -OCH3 is 1. The van der Waals surface area contributed by atoms with E-state index in [4.69, 9.17) is 16.3 Å². The summed E-state index contributed by atoms with van der Waals surface area (Å²) in [4.78, 5) is 0. The summed E-state index contributed by atoms with van der Waals surface area (Å²) in [7, 11) is 1.71. The van der Waals surface area contributed by atoms with Crippen molar-refractivity contribution in [1.29, 1.82) is 0 Å². The Hall–Kier alpha value is -0.580. The topological polar surface area (TPSA) is 39.1 Å². The molecule has 2 atom stereocenters. The van der Waals surface area contributed by atoms with E-state index in [0.29, 0.717) is 24.6 Å². The summed E-state index contributed by atoms with van der Waals surface area (Å²) in [6.45, 7) is 5.78. The van der Waals surface area contributed by atoms with E-state index in [0.717, 1.165) is 25.1 Å². The minimum Gasteiger partial charge on any atom is -0.383 e. The summed E-state index contributed by atoms with van der Waals surface area (Å²) in [6.07, 6.45) is 4.03. The minimum atomic E-state index is 0.293. The molecule has 0 aliphatic heterocycles. The third kappa shape index (κ3) is 4.96. The number of aromatic nitrogens is 2. The molecule has 1 N–H and O–H groups in total. The molecule has 1 aromatic rings. The standard InChI is InChI=1S/C13H24ClN3O/c1-4-11(2)17-8-6-12(16-17)9-15-13(5-7-14)10-18-3/h6,8,11,13,15H,4-5,7,9-10H2,1-3H3. The maximum absolute atomic E-state index is 5.76. The van der Waals surface area contributed by atoms with Gasteiger partial charge >= 0.3 is 0 Å². The smallest absolute Gasteiger partial charge is 0.0762 e. The second-order valence-corrected chi connectivity index (χ2v) is 4.93. The van der Waals surface area contributed by atoms with Gasteiger partial charge in [0.25, 0.3) is 0 Å². The van der Waals surface area contributed by atoms with Crippen LogP contribution >= 0.6 is 11.6 Å². The predicted molar refractivity (Wildman–Crippen MR) is 75.1 cm³/mol. The first-order chi connectivity index (χ1) is 8.71. The first-order valence-electron chi connectivity index (χ1n) is 6.53. The Balaban J connectivity index is 2.44. The highest BCUT2D eigenvalue weighted by molar-refractivity contribution is 6.17. The summed E-state index contributed by atoms with van der Waals surface area (Å²) in [5.41, 5.74) is 1.06. The third-order valence-corrected chi connectivity index (χ3v) is 3.32. The molecule has 18 heavy (non-hydrogen) atoms. The van der Waals surface area contributed by atoms with Crippen LogP contribution in [-0.2, 0) is 11.3 Å². The Morgan fingerprint density at radius 2 is 2.33 bits per heavy atom. The Kier molecular flexibility index (Phi) is 7.32. The van der Waals surface area contributed by atoms with Crippen molar-refractivity contribution in [2.45, 2.75) is 45.3 Å². The molecule has 0 bridgehead atoms. The molecule has 0 radical (unpaired) electrons. The fraction of sp³-hybridized carbons (Fsp3) is 0.769. The van der Waals surface area contributed by atoms with Gasteiger partial charge in [-0.05, 0) is 25.8 Å². The molecule has 1 heterocycles. The van der Waals surface area contributed by atoms with Gasteiger partial charge in [0, 0.05) is 37.8 Å². The first kappa shape index (κ1) is 15.5. The van der Waals surface area contributed by atoms with Crippen LogP contribution in [0.4, 0.5) is 0 Å². The number of alkyl halides is 1. The normalized spacial score (nSPS) is 14.7. The highest BCUT2D eigenvalue weighted by Gasteiger charge is 2.09. The average Bonchev–Trinajstić information content (AvgIpc) is 2.84. The van der Waals surface area contributed by atoms with Gasteiger partial charge in [-0.1, -0.05) is 6.92 Å². The molecular weight excluding hydrogens is 250 g/mol. The van der Waals surface area contributed by atoms with E-state index in [1.54, 1.807) is 7.11 Å². The first-order valence-corrected chi connectivity index (χ1v) is 7.07. The molecule has 0 fully saturated rings. The van der Waals surface area contributed by atoms with Crippen molar-refractivity contribution >= 4 is 11.6 Å². The number of rotatable bonds is 9. The van der Waals surface area contributed by atoms with E-state index in [1.807, 2.05) is 10.9 Å². The van der Waals surface area contributed by atoms with E-state index in [2.05, 4.69) is 30.3 Å². The highest BCUT2D eigenvalue weighted by atomic mass is 35.5. The van der Waals surface area contributed by atoms with Gasteiger partial charge in [0.1, 0.15) is 0 Å². The van der Waals surface area contributed by atoms with E-state index >= 15 is 0 Å². The van der Waals surface area contributed by atoms with E-state index in [-0.39, 0.29) is 0 Å². The molecule has 5 heteroatoms. The Morgan fingerprint density at radius 3 is 2.94 bits per heavy atom. The zero-order chi connectivity index (χ0) is 13.4. The Labute approximate surface area is 115 Å². The molecule has 0 aliphatic rings. The van der Waals surface area contributed by atoms with Crippen molar-refractivity contribution in [3.8, 4) is 0 Å². The molecule has 0 aliphatic carbocycles. The summed E-state index contributed by atoms with van der Waals surface area (Å²) >= 11 is 5.76. The number of nitrogens with one attached hydrogen (secondary N) is 1. The van der Waals surface area contributed by atoms with Crippen LogP contribution in [0.2, 0.25) is 0 Å². The maximum Gasteiger partial charge on any atom is 0.0762 e. The monoisotopic (exact) mass is 273 g/mol. The Bertz CT molecular complexity index is 324. The fourth-order valence-corrected chi connectivity index (χ4v) is 1.99. The largest absolute Gasteiger partial charge is 0.383 e. The van der Waals surface area contributed by atoms with Gasteiger partial charge in [-0.25, -0.2) is 0 Å². The average molecular weight is 274 g/mol. The van der Waals surface area contributed by atoms with Crippen LogP contribution in [0.3, 0.4) is 0 Å². The molecule has 0 spiro atoms. The quantitative estimate of drug-likeness (QED) is 0.703. The zero-order valence-electron chi connectivity index (χ0n) is 11.5. The summed E-state index contributed by atoms with van der Waals surface area (Å²) in [5, 5.41) is 7.98. The lowest BCUT2D eigenvalue weighted by atomic mass is 10.2. The third-order valence-electron chi connectivity index (χ3n) is 3.10. The summed E-state index contributed by atoms with van der Waals surface area (Å²) < 4.78 is 7.18. The maximum atomic E-state index is 5.76. The van der Waals surface area contributed by atoms with Gasteiger partial charge in [0.2, 0.25) is 0 Å². The van der Waals surface area contributed by atoms with Crippen LogP contribution in [-0.4, -0.2) is 35.4 Å². The molecule has 2 unspecified atom stereocenters. The van der Waals surface area contributed by atoms with Crippen molar-refractivity contribution in [2.75, 3.05) is 19.6 Å². The molecule has 0 amide bonds. The number of nitrogens with zero attached hydrogens (tertiary/aromatic N) is 2. The number of hydrogen-bond donors (Lipinski definition) is 1. The number of halogens is 1. The molecule has 0 saturated heterocycles. The van der Waals surface area contributed by atoms with Gasteiger partial charge in [-0.2, -0.15) is 5.10 Å². The molecular formula is C13H24ClN3O. The molecule has 1 aromatic heterocycles. The molecule has 4 nitrogen and oxygen atoms in total. The summed E-state index contributed by atoms with van der Waals surface area (Å²) in [5.74, 6) is 0.641. The molecule has 0 aromatic carbocycles. The lowest BCUT2D eigenvalue weighted by molar-refractivity contribution is 0.164. The van der Waals surface area contributed by atoms with Crippen molar-refractivity contribution in [1.82, 2.24) is 15.1 Å². The van der Waals surface area contributed by atoms with Crippen molar-refractivity contribution in [3.63, 3.8) is 0 Å². The second kappa shape index (κ2) is 8.51. The zero-order valence-corrected chi connectivity index (χ0v) is 12.3. The van der Waals surface area contributed by atoms with Crippen LogP contribution in [0.1, 0.15) is 38.4 Å². The van der Waals surface area contributed by atoms with Crippen molar-refractivity contribution < 1.29 is 4.74 Å². The highest BCUT2D eigenvalue weighted by Crippen LogP contribution is 2.09. The lowest BCUT2D eigenvalue weighted by Crippen LogP contribution is -2.33. The minimum absolute atomic E-state index is 0.293. The van der Waals surface area contributed by atoms with Crippen LogP contribution in [0.25, 0.3) is 0 Å². The summed E-state index contributed by atoms with van der Waals surface area (Å²) in [6, 6.07) is 2.81. The van der Waals surface area contributed by atoms with Crippen LogP contribution in [0.15, 0.2) is 12.3 Å². The molecule has 1 rings (SSSR count). The van der Waals surface area contributed by atoms with Crippen molar-refractivity contribution in [3.05, 3.63) is 18.0 Å². The van der Waals surface area contributed by atoms with Gasteiger partial charge in [0.05, 0.1) is 12.3 Å². The molecule has 0 saturated carbocycles. The molecule has 104 valence electrons. The lowest BCUT2D eigenvalue weighted by Gasteiger charge is -2.15. The van der Waals surface area contributed by atoms with Crippen LogP contribution in [0.5, 0.6) is 0 Å². The Morgan fingerprint density at radius 1 is 1.56 bits per heavy atom. The predicted octanol–water partition coefficient (Wildman–Crippen LogP) is 2.59. The van der Waals surface area contributed by atoms with Gasteiger partial charge in [-0.3, -0.25) is 4.68 Å². The van der Waals surface area contributed by atoms with Gasteiger partial charge in [0.15, 0.2) is 0 Å². The van der Waals surface area contributed by atoms with E-state index < -0.39 is 0 Å². The van der Waals surface area contributed by atoms with Crippen molar-refractivity contribution in [2.24, 2.45) is 0 Å². The van der Waals surface area contributed by atoms with E-state index in [1.165, 1.54) is 0 Å². The van der Waals surface area contributed by atoms with Crippen LogP contribution < -0.4 is 5.32 Å².